The molecule has 3 heterocycles. The van der Waals surface area contributed by atoms with E-state index in [1.807, 2.05) is 13.0 Å². The Labute approximate surface area is 163 Å². The summed E-state index contributed by atoms with van der Waals surface area (Å²) in [5.74, 6) is 0.442. The van der Waals surface area contributed by atoms with Gasteiger partial charge in [-0.15, -0.1) is 12.4 Å². The number of rotatable bonds is 4. The molecule has 0 radical (unpaired) electrons. The molecule has 0 aliphatic rings. The Kier molecular flexibility index (Phi) is 5.45. The van der Waals surface area contributed by atoms with E-state index in [9.17, 15) is 9.90 Å². The minimum Gasteiger partial charge on any atom is -0.384 e. The van der Waals surface area contributed by atoms with E-state index in [-0.39, 0.29) is 35.7 Å². The van der Waals surface area contributed by atoms with Gasteiger partial charge in [0.1, 0.15) is 11.0 Å². The Hall–Kier alpha value is -2.32. The quantitative estimate of drug-likeness (QED) is 0.629. The summed E-state index contributed by atoms with van der Waals surface area (Å²) in [4.78, 5) is 12.9. The molecule has 4 N–H and O–H groups in total. The number of hydrogen-bond acceptors (Lipinski definition) is 5. The van der Waals surface area contributed by atoms with Crippen LogP contribution in [0.3, 0.4) is 0 Å². The molecule has 8 nitrogen and oxygen atoms in total. The summed E-state index contributed by atoms with van der Waals surface area (Å²) >= 11 is 0. The van der Waals surface area contributed by atoms with Gasteiger partial charge in [-0.1, -0.05) is 13.8 Å². The number of aromatic amines is 1. The molecule has 0 spiro atoms. The molecule has 148 valence electrons. The lowest BCUT2D eigenvalue weighted by Crippen LogP contribution is -2.26. The second kappa shape index (κ2) is 7.01. The highest BCUT2D eigenvalue weighted by atomic mass is 35.5. The summed E-state index contributed by atoms with van der Waals surface area (Å²) in [7, 11) is 1.78. The van der Waals surface area contributed by atoms with Crippen molar-refractivity contribution in [3.63, 3.8) is 0 Å². The van der Waals surface area contributed by atoms with Crippen LogP contribution in [0.2, 0.25) is 0 Å². The van der Waals surface area contributed by atoms with Gasteiger partial charge in [-0.25, -0.2) is 0 Å². The first-order chi connectivity index (χ1) is 12.0. The number of nitrogens with zero attached hydrogens (tertiary/aromatic N) is 4. The van der Waals surface area contributed by atoms with Gasteiger partial charge in [0.15, 0.2) is 5.82 Å². The van der Waals surface area contributed by atoms with E-state index in [0.717, 1.165) is 5.56 Å². The maximum absolute atomic E-state index is 12.9. The van der Waals surface area contributed by atoms with Crippen molar-refractivity contribution in [1.29, 1.82) is 0 Å². The van der Waals surface area contributed by atoms with Crippen LogP contribution in [-0.2, 0) is 12.6 Å². The van der Waals surface area contributed by atoms with Gasteiger partial charge in [0, 0.05) is 24.8 Å². The lowest BCUT2D eigenvalue weighted by atomic mass is 10.0. The monoisotopic (exact) mass is 394 g/mol. The first-order valence-electron chi connectivity index (χ1n) is 8.68. The Bertz CT molecular complexity index is 1030. The zero-order valence-corrected chi connectivity index (χ0v) is 17.3. The number of aryl methyl sites for hydroxylation is 1. The Morgan fingerprint density at radius 1 is 1.30 bits per heavy atom. The van der Waals surface area contributed by atoms with Crippen LogP contribution in [0.15, 0.2) is 17.1 Å². The molecule has 0 aliphatic heterocycles. The molecular weight excluding hydrogens is 368 g/mol. The number of halogens is 1. The molecule has 0 aromatic carbocycles. The third-order valence-electron chi connectivity index (χ3n) is 4.97. The van der Waals surface area contributed by atoms with E-state index in [1.165, 1.54) is 0 Å². The van der Waals surface area contributed by atoms with Crippen molar-refractivity contribution >= 4 is 29.1 Å². The average Bonchev–Trinajstić information content (AvgIpc) is 3.10. The summed E-state index contributed by atoms with van der Waals surface area (Å²) in [6, 6.07) is 1.80. The van der Waals surface area contributed by atoms with Crippen molar-refractivity contribution in [1.82, 2.24) is 24.5 Å². The summed E-state index contributed by atoms with van der Waals surface area (Å²) in [5.41, 5.74) is 7.34. The number of aromatic nitrogens is 5. The number of aliphatic hydroxyl groups is 1. The van der Waals surface area contributed by atoms with Gasteiger partial charge in [-0.3, -0.25) is 14.6 Å². The minimum absolute atomic E-state index is 0. The Morgan fingerprint density at radius 2 is 1.93 bits per heavy atom. The van der Waals surface area contributed by atoms with Crippen LogP contribution >= 0.6 is 12.4 Å². The molecule has 3 aromatic rings. The zero-order valence-electron chi connectivity index (χ0n) is 16.4. The van der Waals surface area contributed by atoms with Gasteiger partial charge in [0.05, 0.1) is 16.9 Å². The van der Waals surface area contributed by atoms with Crippen LogP contribution in [0, 0.1) is 5.92 Å². The fourth-order valence-electron chi connectivity index (χ4n) is 3.15. The maximum Gasteiger partial charge on any atom is 0.264 e. The van der Waals surface area contributed by atoms with Crippen LogP contribution in [0.4, 0.5) is 5.82 Å². The molecular formula is C18H27ClN6O2. The van der Waals surface area contributed by atoms with E-state index in [1.54, 1.807) is 36.3 Å². The highest BCUT2D eigenvalue weighted by Crippen LogP contribution is 2.31. The van der Waals surface area contributed by atoms with Crippen molar-refractivity contribution in [2.45, 2.75) is 46.3 Å². The van der Waals surface area contributed by atoms with E-state index in [4.69, 9.17) is 5.73 Å². The lowest BCUT2D eigenvalue weighted by molar-refractivity contribution is 0.0696. The molecule has 1 atom stereocenters. The molecule has 9 heteroatoms. The van der Waals surface area contributed by atoms with Crippen molar-refractivity contribution in [2.24, 2.45) is 13.0 Å². The third-order valence-corrected chi connectivity index (χ3v) is 4.97. The first kappa shape index (κ1) is 21.0. The number of nitrogen functional groups attached to an aromatic ring is 1. The van der Waals surface area contributed by atoms with Crippen molar-refractivity contribution in [3.8, 4) is 11.3 Å². The molecule has 0 fully saturated rings. The fraction of sp³-hybridized carbons (Fsp3) is 0.500. The van der Waals surface area contributed by atoms with Crippen LogP contribution in [0.5, 0.6) is 0 Å². The van der Waals surface area contributed by atoms with Gasteiger partial charge < -0.3 is 15.4 Å². The molecule has 0 unspecified atom stereocenters. The highest BCUT2D eigenvalue weighted by Gasteiger charge is 2.25. The predicted octanol–water partition coefficient (Wildman–Crippen LogP) is 2.57. The summed E-state index contributed by atoms with van der Waals surface area (Å²) in [6.45, 7) is 9.54. The summed E-state index contributed by atoms with van der Waals surface area (Å²) in [6.07, 6.45) is 1.80. The first-order valence-corrected chi connectivity index (χ1v) is 8.68. The average molecular weight is 395 g/mol. The van der Waals surface area contributed by atoms with Crippen LogP contribution in [0.25, 0.3) is 22.2 Å². The topological polar surface area (TPSA) is 115 Å². The van der Waals surface area contributed by atoms with Crippen LogP contribution in [0.1, 0.15) is 46.4 Å². The second-order valence-electron chi connectivity index (χ2n) is 7.70. The number of anilines is 1. The molecule has 3 aromatic heterocycles. The molecule has 3 rings (SSSR count). The predicted molar refractivity (Wildman–Crippen MR) is 109 cm³/mol. The van der Waals surface area contributed by atoms with Crippen LogP contribution < -0.4 is 11.3 Å². The smallest absolute Gasteiger partial charge is 0.264 e. The van der Waals surface area contributed by atoms with Gasteiger partial charge in [-0.05, 0) is 32.8 Å². The number of fused-ring (bicyclic) bond motifs is 1. The molecule has 0 saturated heterocycles. The van der Waals surface area contributed by atoms with Gasteiger partial charge in [0.25, 0.3) is 5.56 Å². The standard InChI is InChI=1S/C18H26N6O2.ClH/c1-9(2)10(3)24-8-11(15-14(17(24)25)16(19)21-20-15)12-7-13(18(4,5)26)23(6)22-12;/h7-10,26H,1-6H3,(H3,19,20,21);1H/t10-;/m0./s1. The van der Waals surface area contributed by atoms with Crippen LogP contribution in [-0.4, -0.2) is 29.7 Å². The third kappa shape index (κ3) is 3.46. The van der Waals surface area contributed by atoms with Gasteiger partial charge in [-0.2, -0.15) is 10.2 Å². The van der Waals surface area contributed by atoms with Crippen molar-refractivity contribution in [3.05, 3.63) is 28.3 Å². The molecule has 0 aliphatic carbocycles. The largest absolute Gasteiger partial charge is 0.384 e. The number of H-pyrrole nitrogens is 1. The van der Waals surface area contributed by atoms with E-state index < -0.39 is 5.60 Å². The Morgan fingerprint density at radius 3 is 2.44 bits per heavy atom. The van der Waals surface area contributed by atoms with E-state index in [0.29, 0.717) is 22.3 Å². The number of pyridine rings is 1. The molecule has 27 heavy (non-hydrogen) atoms. The zero-order chi connectivity index (χ0) is 19.4. The summed E-state index contributed by atoms with van der Waals surface area (Å²) < 4.78 is 3.33. The lowest BCUT2D eigenvalue weighted by Gasteiger charge is -2.20. The van der Waals surface area contributed by atoms with Crippen molar-refractivity contribution in [2.75, 3.05) is 5.73 Å². The Balaban J connectivity index is 0.00000261. The summed E-state index contributed by atoms with van der Waals surface area (Å²) in [5, 5.41) is 22.1. The molecule has 0 bridgehead atoms. The minimum atomic E-state index is -1.04. The van der Waals surface area contributed by atoms with Gasteiger partial charge >= 0.3 is 0 Å². The normalized spacial score (nSPS) is 13.2. The number of nitrogens with two attached hydrogens (primary N) is 1. The van der Waals surface area contributed by atoms with E-state index in [2.05, 4.69) is 29.1 Å². The number of hydrogen-bond donors (Lipinski definition) is 3. The SMILES string of the molecule is CC(C)[C@H](C)n1cc(-c2cc(C(C)(C)O)n(C)n2)c2[nH]nc(N)c2c1=O.Cl. The number of nitrogens with one attached hydrogen (secondary N) is 1. The highest BCUT2D eigenvalue weighted by molar-refractivity contribution is 5.97. The molecule has 0 amide bonds. The maximum atomic E-state index is 12.9. The second-order valence-corrected chi connectivity index (χ2v) is 7.70. The van der Waals surface area contributed by atoms with E-state index >= 15 is 0 Å². The van der Waals surface area contributed by atoms with Crippen molar-refractivity contribution < 1.29 is 5.11 Å². The fourth-order valence-corrected chi connectivity index (χ4v) is 3.15. The molecule has 0 saturated carbocycles. The van der Waals surface area contributed by atoms with Gasteiger partial charge in [0.2, 0.25) is 0 Å².